The van der Waals surface area contributed by atoms with Crippen molar-refractivity contribution in [1.82, 2.24) is 16.2 Å². The Hall–Kier alpha value is -1.71. The monoisotopic (exact) mass is 457 g/mol. The predicted octanol–water partition coefficient (Wildman–Crippen LogP) is 2.69. The summed E-state index contributed by atoms with van der Waals surface area (Å²) in [7, 11) is 1.60. The summed E-state index contributed by atoms with van der Waals surface area (Å²) >= 11 is 8.45. The average molecular weight is 458 g/mol. The fourth-order valence-electron chi connectivity index (χ4n) is 2.79. The van der Waals surface area contributed by atoms with E-state index in [1.54, 1.807) is 25.3 Å². The van der Waals surface area contributed by atoms with Crippen LogP contribution in [0.25, 0.3) is 0 Å². The van der Waals surface area contributed by atoms with Gasteiger partial charge in [0.05, 0.1) is 11.1 Å². The predicted molar refractivity (Wildman–Crippen MR) is 109 cm³/mol. The first-order valence-electron chi connectivity index (χ1n) is 8.83. The molecule has 0 aliphatic heterocycles. The number of carbonyl (C=O) groups is 2. The topological polar surface area (TPSA) is 88.7 Å². The number of thiocarbonyl (C=S) groups is 1. The molecule has 1 aromatic rings. The number of hydrazine groups is 1. The molecule has 2 amide bonds. The molecule has 0 saturated heterocycles. The highest BCUT2D eigenvalue weighted by molar-refractivity contribution is 9.10. The summed E-state index contributed by atoms with van der Waals surface area (Å²) in [5, 5.41) is 2.58. The van der Waals surface area contributed by atoms with Crippen LogP contribution < -0.4 is 20.9 Å². The Morgan fingerprint density at radius 3 is 2.59 bits per heavy atom. The number of hydrogen-bond acceptors (Lipinski definition) is 5. The molecule has 148 valence electrons. The van der Waals surface area contributed by atoms with Gasteiger partial charge < -0.3 is 9.47 Å². The van der Waals surface area contributed by atoms with E-state index in [1.807, 2.05) is 0 Å². The number of halogens is 1. The lowest BCUT2D eigenvalue weighted by molar-refractivity contribution is -0.126. The van der Waals surface area contributed by atoms with E-state index in [1.165, 1.54) is 6.42 Å². The number of nitrogens with one attached hydrogen (secondary N) is 3. The van der Waals surface area contributed by atoms with Crippen LogP contribution in [0.2, 0.25) is 0 Å². The zero-order valence-corrected chi connectivity index (χ0v) is 17.6. The first-order valence-corrected chi connectivity index (χ1v) is 10.0. The Balaban J connectivity index is 1.80. The number of hydrogen-bond donors (Lipinski definition) is 3. The van der Waals surface area contributed by atoms with E-state index in [-0.39, 0.29) is 22.8 Å². The number of rotatable bonds is 6. The van der Waals surface area contributed by atoms with E-state index in [4.69, 9.17) is 21.7 Å². The third-order valence-corrected chi connectivity index (χ3v) is 5.07. The van der Waals surface area contributed by atoms with Crippen LogP contribution in [-0.2, 0) is 9.53 Å². The average Bonchev–Trinajstić information content (AvgIpc) is 2.68. The molecule has 3 N–H and O–H groups in total. The second-order valence-electron chi connectivity index (χ2n) is 6.22. The summed E-state index contributed by atoms with van der Waals surface area (Å²) in [6, 6.07) is 4.96. The number of ether oxygens (including phenoxy) is 2. The number of methoxy groups -OCH3 is 1. The maximum atomic E-state index is 12.3. The van der Waals surface area contributed by atoms with Crippen molar-refractivity contribution in [2.45, 2.75) is 32.1 Å². The van der Waals surface area contributed by atoms with Crippen molar-refractivity contribution < 1.29 is 19.1 Å². The molecule has 0 heterocycles. The smallest absolute Gasteiger partial charge is 0.257 e. The molecule has 27 heavy (non-hydrogen) atoms. The van der Waals surface area contributed by atoms with Gasteiger partial charge in [-0.25, -0.2) is 0 Å². The summed E-state index contributed by atoms with van der Waals surface area (Å²) in [5.74, 6) is 0.144. The molecule has 7 nitrogen and oxygen atoms in total. The Labute approximate surface area is 172 Å². The molecule has 2 rings (SSSR count). The maximum absolute atomic E-state index is 12.3. The van der Waals surface area contributed by atoms with Gasteiger partial charge in [-0.3, -0.25) is 25.8 Å². The molecule has 0 bridgehead atoms. The van der Waals surface area contributed by atoms with Gasteiger partial charge in [0.2, 0.25) is 5.91 Å². The van der Waals surface area contributed by atoms with Crippen LogP contribution in [0.1, 0.15) is 42.5 Å². The van der Waals surface area contributed by atoms with Crippen molar-refractivity contribution in [2.75, 3.05) is 20.3 Å². The first-order chi connectivity index (χ1) is 13.0. The molecule has 1 aromatic carbocycles. The molecular formula is C18H24BrN3O4S. The highest BCUT2D eigenvalue weighted by Gasteiger charge is 2.21. The second kappa shape index (κ2) is 11.2. The van der Waals surface area contributed by atoms with Gasteiger partial charge in [0, 0.05) is 18.6 Å². The van der Waals surface area contributed by atoms with Gasteiger partial charge in [-0.15, -0.1) is 0 Å². The van der Waals surface area contributed by atoms with Crippen molar-refractivity contribution in [3.05, 3.63) is 28.2 Å². The van der Waals surface area contributed by atoms with E-state index in [2.05, 4.69) is 32.1 Å². The Kier molecular flexibility index (Phi) is 8.96. The van der Waals surface area contributed by atoms with Gasteiger partial charge >= 0.3 is 0 Å². The van der Waals surface area contributed by atoms with Gasteiger partial charge in [-0.1, -0.05) is 19.3 Å². The molecule has 1 saturated carbocycles. The number of benzene rings is 1. The van der Waals surface area contributed by atoms with Crippen molar-refractivity contribution in [3.8, 4) is 5.75 Å². The maximum Gasteiger partial charge on any atom is 0.257 e. The zero-order chi connectivity index (χ0) is 19.6. The van der Waals surface area contributed by atoms with Crippen LogP contribution in [0, 0.1) is 5.92 Å². The molecule has 0 spiro atoms. The third-order valence-electron chi connectivity index (χ3n) is 4.24. The number of carbonyl (C=O) groups excluding carboxylic acids is 2. The minimum atomic E-state index is -0.386. The lowest BCUT2D eigenvalue weighted by Gasteiger charge is -2.21. The van der Waals surface area contributed by atoms with Crippen LogP contribution in [0.5, 0.6) is 5.75 Å². The molecule has 0 aromatic heterocycles. The summed E-state index contributed by atoms with van der Waals surface area (Å²) in [6.45, 7) is 0.885. The fourth-order valence-corrected chi connectivity index (χ4v) is 3.42. The van der Waals surface area contributed by atoms with Crippen molar-refractivity contribution in [2.24, 2.45) is 5.92 Å². The first kappa shape index (κ1) is 21.6. The second-order valence-corrected chi connectivity index (χ2v) is 7.48. The quantitative estimate of drug-likeness (QED) is 0.345. The fraction of sp³-hybridized carbons (Fsp3) is 0.500. The summed E-state index contributed by atoms with van der Waals surface area (Å²) in [5.41, 5.74) is 5.57. The van der Waals surface area contributed by atoms with Crippen molar-refractivity contribution in [3.63, 3.8) is 0 Å². The molecule has 0 radical (unpaired) electrons. The Morgan fingerprint density at radius 1 is 1.19 bits per heavy atom. The van der Waals surface area contributed by atoms with Crippen molar-refractivity contribution in [1.29, 1.82) is 0 Å². The molecule has 1 fully saturated rings. The highest BCUT2D eigenvalue weighted by Crippen LogP contribution is 2.26. The minimum absolute atomic E-state index is 0.00589. The normalized spacial score (nSPS) is 14.3. The number of amides is 2. The Bertz CT molecular complexity index is 681. The standard InChI is InChI=1S/C18H24BrN3O4S/c1-25-9-10-26-15-8-7-13(11-14(15)19)16(23)20-18(27)22-21-17(24)12-5-3-2-4-6-12/h7-8,11-12H,2-6,9-10H2,1H3,(H,21,24)(H2,20,22,23,27). The largest absolute Gasteiger partial charge is 0.490 e. The lowest BCUT2D eigenvalue weighted by atomic mass is 9.89. The van der Waals surface area contributed by atoms with Gasteiger partial charge in [0.1, 0.15) is 12.4 Å². The zero-order valence-electron chi connectivity index (χ0n) is 15.2. The molecule has 0 atom stereocenters. The van der Waals surface area contributed by atoms with Crippen LogP contribution in [0.3, 0.4) is 0 Å². The van der Waals surface area contributed by atoms with E-state index in [0.29, 0.717) is 29.0 Å². The van der Waals surface area contributed by atoms with E-state index in [9.17, 15) is 9.59 Å². The third kappa shape index (κ3) is 7.08. The molecular weight excluding hydrogens is 434 g/mol. The molecule has 0 unspecified atom stereocenters. The van der Waals surface area contributed by atoms with Crippen molar-refractivity contribution >= 4 is 45.1 Å². The highest BCUT2D eigenvalue weighted by atomic mass is 79.9. The van der Waals surface area contributed by atoms with Crippen LogP contribution in [-0.4, -0.2) is 37.3 Å². The van der Waals surface area contributed by atoms with E-state index < -0.39 is 0 Å². The van der Waals surface area contributed by atoms with Gasteiger partial charge in [0.15, 0.2) is 5.11 Å². The van der Waals surface area contributed by atoms with Gasteiger partial charge in [-0.05, 0) is 59.2 Å². The van der Waals surface area contributed by atoms with Crippen LogP contribution in [0.15, 0.2) is 22.7 Å². The van der Waals surface area contributed by atoms with Gasteiger partial charge in [-0.2, -0.15) is 0 Å². The van der Waals surface area contributed by atoms with Gasteiger partial charge in [0.25, 0.3) is 5.91 Å². The van der Waals surface area contributed by atoms with E-state index >= 15 is 0 Å². The summed E-state index contributed by atoms with van der Waals surface area (Å²) < 4.78 is 11.1. The van der Waals surface area contributed by atoms with E-state index in [0.717, 1.165) is 25.7 Å². The lowest BCUT2D eigenvalue weighted by Crippen LogP contribution is -2.50. The minimum Gasteiger partial charge on any atom is -0.490 e. The SMILES string of the molecule is COCCOc1ccc(C(=O)NC(=S)NNC(=O)C2CCCCC2)cc1Br. The molecule has 1 aliphatic carbocycles. The Morgan fingerprint density at radius 2 is 1.93 bits per heavy atom. The molecule has 1 aliphatic rings. The van der Waals surface area contributed by atoms with Crippen LogP contribution in [0.4, 0.5) is 0 Å². The van der Waals surface area contributed by atoms with Crippen LogP contribution >= 0.6 is 28.1 Å². The molecule has 9 heteroatoms. The summed E-state index contributed by atoms with van der Waals surface area (Å²) in [6.07, 6.45) is 5.09. The summed E-state index contributed by atoms with van der Waals surface area (Å²) in [4.78, 5) is 24.4.